The third-order valence-corrected chi connectivity index (χ3v) is 5.73. The Labute approximate surface area is 126 Å². The van der Waals surface area contributed by atoms with Gasteiger partial charge < -0.3 is 0 Å². The van der Waals surface area contributed by atoms with Crippen LogP contribution in [0.2, 0.25) is 0 Å². The fourth-order valence-electron chi connectivity index (χ4n) is 2.37. The van der Waals surface area contributed by atoms with E-state index in [9.17, 15) is 8.42 Å². The lowest BCUT2D eigenvalue weighted by atomic mass is 10.2. The quantitative estimate of drug-likeness (QED) is 0.751. The molecule has 1 aliphatic rings. The SMILES string of the molecule is O=S(=O)(CCCCl)N1CCN(Cc2ccccc2)CC1. The van der Waals surface area contributed by atoms with Crippen LogP contribution >= 0.6 is 11.6 Å². The standard InChI is InChI=1S/C14H21ClN2O2S/c15-7-4-12-20(18,19)17-10-8-16(9-11-17)13-14-5-2-1-3-6-14/h1-3,5-6H,4,7-13H2. The number of piperazine rings is 1. The predicted octanol–water partition coefficient (Wildman–Crippen LogP) is 1.76. The predicted molar refractivity (Wildman–Crippen MR) is 82.4 cm³/mol. The van der Waals surface area contributed by atoms with Crippen LogP contribution in [0.25, 0.3) is 0 Å². The molecule has 0 bridgehead atoms. The number of rotatable bonds is 6. The van der Waals surface area contributed by atoms with Crippen LogP contribution in [0.15, 0.2) is 30.3 Å². The van der Waals surface area contributed by atoms with E-state index >= 15 is 0 Å². The summed E-state index contributed by atoms with van der Waals surface area (Å²) in [5.41, 5.74) is 1.27. The second kappa shape index (κ2) is 7.41. The summed E-state index contributed by atoms with van der Waals surface area (Å²) in [5, 5.41) is 0. The van der Waals surface area contributed by atoms with Crippen molar-refractivity contribution in [3.05, 3.63) is 35.9 Å². The second-order valence-electron chi connectivity index (χ2n) is 5.02. The number of sulfonamides is 1. The van der Waals surface area contributed by atoms with Crippen molar-refractivity contribution in [1.82, 2.24) is 9.21 Å². The van der Waals surface area contributed by atoms with Crippen molar-refractivity contribution in [2.45, 2.75) is 13.0 Å². The molecule has 1 aliphatic heterocycles. The van der Waals surface area contributed by atoms with Gasteiger partial charge in [0.1, 0.15) is 0 Å². The van der Waals surface area contributed by atoms with E-state index in [0.717, 1.165) is 19.6 Å². The highest BCUT2D eigenvalue weighted by atomic mass is 35.5. The maximum absolute atomic E-state index is 12.1. The largest absolute Gasteiger partial charge is 0.296 e. The van der Waals surface area contributed by atoms with Gasteiger partial charge in [-0.2, -0.15) is 4.31 Å². The van der Waals surface area contributed by atoms with Gasteiger partial charge in [-0.3, -0.25) is 4.90 Å². The van der Waals surface area contributed by atoms with Crippen LogP contribution in [0.1, 0.15) is 12.0 Å². The molecule has 1 saturated heterocycles. The fourth-order valence-corrected chi connectivity index (χ4v) is 4.15. The summed E-state index contributed by atoms with van der Waals surface area (Å²) in [6, 6.07) is 10.3. The van der Waals surface area contributed by atoms with E-state index in [-0.39, 0.29) is 5.75 Å². The number of halogens is 1. The number of hydrogen-bond acceptors (Lipinski definition) is 3. The minimum atomic E-state index is -3.12. The van der Waals surface area contributed by atoms with Crippen LogP contribution in [0, 0.1) is 0 Å². The molecule has 2 rings (SSSR count). The maximum atomic E-state index is 12.1. The minimum Gasteiger partial charge on any atom is -0.296 e. The van der Waals surface area contributed by atoms with Gasteiger partial charge in [0, 0.05) is 38.6 Å². The monoisotopic (exact) mass is 316 g/mol. The molecule has 1 fully saturated rings. The van der Waals surface area contributed by atoms with Crippen molar-refractivity contribution in [2.75, 3.05) is 37.8 Å². The Bertz CT molecular complexity index is 499. The van der Waals surface area contributed by atoms with Crippen LogP contribution in [-0.2, 0) is 16.6 Å². The van der Waals surface area contributed by atoms with E-state index in [1.807, 2.05) is 18.2 Å². The molecule has 112 valence electrons. The van der Waals surface area contributed by atoms with Gasteiger partial charge in [-0.25, -0.2) is 8.42 Å². The third-order valence-electron chi connectivity index (χ3n) is 3.51. The fraction of sp³-hybridized carbons (Fsp3) is 0.571. The van der Waals surface area contributed by atoms with Crippen LogP contribution < -0.4 is 0 Å². The molecule has 0 spiro atoms. The molecule has 1 heterocycles. The van der Waals surface area contributed by atoms with Gasteiger partial charge in [0.05, 0.1) is 5.75 Å². The maximum Gasteiger partial charge on any atom is 0.214 e. The van der Waals surface area contributed by atoms with Crippen molar-refractivity contribution in [1.29, 1.82) is 0 Å². The van der Waals surface area contributed by atoms with Gasteiger partial charge in [-0.05, 0) is 12.0 Å². The molecule has 4 nitrogen and oxygen atoms in total. The van der Waals surface area contributed by atoms with E-state index in [1.165, 1.54) is 5.56 Å². The van der Waals surface area contributed by atoms with E-state index in [4.69, 9.17) is 11.6 Å². The number of hydrogen-bond donors (Lipinski definition) is 0. The molecule has 0 aliphatic carbocycles. The molecule has 0 radical (unpaired) electrons. The lowest BCUT2D eigenvalue weighted by Crippen LogP contribution is -2.48. The Morgan fingerprint density at radius 3 is 2.30 bits per heavy atom. The van der Waals surface area contributed by atoms with E-state index in [1.54, 1.807) is 4.31 Å². The van der Waals surface area contributed by atoms with Crippen LogP contribution in [0.4, 0.5) is 0 Å². The summed E-state index contributed by atoms with van der Waals surface area (Å²) < 4.78 is 25.7. The lowest BCUT2D eigenvalue weighted by molar-refractivity contribution is 0.181. The molecule has 0 N–H and O–H groups in total. The van der Waals surface area contributed by atoms with Crippen molar-refractivity contribution >= 4 is 21.6 Å². The Morgan fingerprint density at radius 1 is 1.05 bits per heavy atom. The molecule has 1 aromatic carbocycles. The second-order valence-corrected chi connectivity index (χ2v) is 7.49. The Balaban J connectivity index is 1.83. The van der Waals surface area contributed by atoms with Crippen LogP contribution in [0.5, 0.6) is 0 Å². The van der Waals surface area contributed by atoms with Crippen LogP contribution in [-0.4, -0.2) is 55.4 Å². The van der Waals surface area contributed by atoms with Gasteiger partial charge in [0.25, 0.3) is 0 Å². The first-order valence-electron chi connectivity index (χ1n) is 6.92. The smallest absolute Gasteiger partial charge is 0.214 e. The third kappa shape index (κ3) is 4.45. The van der Waals surface area contributed by atoms with Gasteiger partial charge in [-0.15, -0.1) is 11.6 Å². The summed E-state index contributed by atoms with van der Waals surface area (Å²) in [6.07, 6.45) is 0.522. The minimum absolute atomic E-state index is 0.162. The molecule has 0 aromatic heterocycles. The molecule has 0 saturated carbocycles. The van der Waals surface area contributed by atoms with Crippen molar-refractivity contribution in [3.8, 4) is 0 Å². The summed E-state index contributed by atoms with van der Waals surface area (Å²) >= 11 is 5.57. The highest BCUT2D eigenvalue weighted by molar-refractivity contribution is 7.89. The van der Waals surface area contributed by atoms with Gasteiger partial charge in [0.15, 0.2) is 0 Å². The highest BCUT2D eigenvalue weighted by Gasteiger charge is 2.26. The number of benzene rings is 1. The van der Waals surface area contributed by atoms with E-state index in [2.05, 4.69) is 17.0 Å². The van der Waals surface area contributed by atoms with Crippen molar-refractivity contribution in [2.24, 2.45) is 0 Å². The van der Waals surface area contributed by atoms with Gasteiger partial charge in [-0.1, -0.05) is 30.3 Å². The summed E-state index contributed by atoms with van der Waals surface area (Å²) in [5.74, 6) is 0.558. The van der Waals surface area contributed by atoms with E-state index in [0.29, 0.717) is 25.4 Å². The molecular weight excluding hydrogens is 296 g/mol. The van der Waals surface area contributed by atoms with Crippen molar-refractivity contribution < 1.29 is 8.42 Å². The van der Waals surface area contributed by atoms with Crippen LogP contribution in [0.3, 0.4) is 0 Å². The molecule has 0 atom stereocenters. The molecule has 0 unspecified atom stereocenters. The average molecular weight is 317 g/mol. The highest BCUT2D eigenvalue weighted by Crippen LogP contribution is 2.12. The molecule has 6 heteroatoms. The summed E-state index contributed by atoms with van der Waals surface area (Å²) in [4.78, 5) is 2.29. The summed E-state index contributed by atoms with van der Waals surface area (Å²) in [7, 11) is -3.12. The zero-order valence-electron chi connectivity index (χ0n) is 11.5. The Morgan fingerprint density at radius 2 is 1.70 bits per heavy atom. The molecule has 0 amide bonds. The van der Waals surface area contributed by atoms with Crippen molar-refractivity contribution in [3.63, 3.8) is 0 Å². The number of alkyl halides is 1. The van der Waals surface area contributed by atoms with E-state index < -0.39 is 10.0 Å². The first-order valence-corrected chi connectivity index (χ1v) is 9.06. The Kier molecular flexibility index (Phi) is 5.84. The lowest BCUT2D eigenvalue weighted by Gasteiger charge is -2.34. The number of nitrogens with zero attached hydrogens (tertiary/aromatic N) is 2. The van der Waals surface area contributed by atoms with Gasteiger partial charge >= 0.3 is 0 Å². The molecular formula is C14H21ClN2O2S. The van der Waals surface area contributed by atoms with Gasteiger partial charge in [0.2, 0.25) is 10.0 Å². The topological polar surface area (TPSA) is 40.6 Å². The summed E-state index contributed by atoms with van der Waals surface area (Å²) in [6.45, 7) is 3.62. The Hall–Kier alpha value is -0.620. The normalized spacial score (nSPS) is 18.2. The molecule has 1 aromatic rings. The molecule has 20 heavy (non-hydrogen) atoms. The zero-order chi connectivity index (χ0) is 14.4. The first kappa shape index (κ1) is 15.8. The average Bonchev–Trinajstić information content (AvgIpc) is 2.47. The first-order chi connectivity index (χ1) is 9.62. The zero-order valence-corrected chi connectivity index (χ0v) is 13.1.